The van der Waals surface area contributed by atoms with Crippen LogP contribution in [-0.2, 0) is 0 Å². The molecule has 0 aliphatic carbocycles. The van der Waals surface area contributed by atoms with Crippen LogP contribution in [0.25, 0.3) is 22.0 Å². The second kappa shape index (κ2) is 3.48. The number of rotatable bonds is 1. The van der Waals surface area contributed by atoms with E-state index >= 15 is 0 Å². The number of nitrogens with two attached hydrogens (primary N) is 2. The molecule has 17 heavy (non-hydrogen) atoms. The summed E-state index contributed by atoms with van der Waals surface area (Å²) in [5.74, 6) is 0.803. The van der Waals surface area contributed by atoms with Crippen molar-refractivity contribution in [1.29, 1.82) is 0 Å². The maximum atomic E-state index is 5.83. The Morgan fingerprint density at radius 1 is 1.06 bits per heavy atom. The molecule has 5 nitrogen and oxygen atoms in total. The van der Waals surface area contributed by atoms with Crippen LogP contribution in [0, 0.1) is 0 Å². The van der Waals surface area contributed by atoms with Gasteiger partial charge in [-0.05, 0) is 11.5 Å². The third-order valence-electron chi connectivity index (χ3n) is 2.73. The second-order valence-corrected chi connectivity index (χ2v) is 3.78. The first kappa shape index (κ1) is 9.65. The zero-order valence-electron chi connectivity index (χ0n) is 9.01. The summed E-state index contributed by atoms with van der Waals surface area (Å²) >= 11 is 0. The molecule has 0 spiro atoms. The van der Waals surface area contributed by atoms with Crippen molar-refractivity contribution in [2.75, 3.05) is 11.5 Å². The Kier molecular flexibility index (Phi) is 1.98. The molecule has 2 aromatic heterocycles. The van der Waals surface area contributed by atoms with Crippen LogP contribution in [0.2, 0.25) is 0 Å². The van der Waals surface area contributed by atoms with Crippen molar-refractivity contribution in [3.63, 3.8) is 0 Å². The molecule has 1 aromatic carbocycles. The van der Waals surface area contributed by atoms with Crippen LogP contribution in [0.5, 0.6) is 0 Å². The lowest BCUT2D eigenvalue weighted by Gasteiger charge is -2.04. The number of aromatic nitrogens is 3. The molecule has 0 atom stereocenters. The highest BCUT2D eigenvalue weighted by atomic mass is 15.2. The van der Waals surface area contributed by atoms with Crippen molar-refractivity contribution < 1.29 is 0 Å². The zero-order valence-corrected chi connectivity index (χ0v) is 9.01. The van der Waals surface area contributed by atoms with Crippen molar-refractivity contribution in [2.45, 2.75) is 0 Å². The maximum absolute atomic E-state index is 5.83. The number of nitrogens with zero attached hydrogens (tertiary/aromatic N) is 2. The molecule has 0 aliphatic heterocycles. The van der Waals surface area contributed by atoms with E-state index in [-0.39, 0.29) is 0 Å². The third kappa shape index (κ3) is 1.40. The lowest BCUT2D eigenvalue weighted by molar-refractivity contribution is 1.11. The number of hydrogen-bond donors (Lipinski definition) is 3. The summed E-state index contributed by atoms with van der Waals surface area (Å²) in [6, 6.07) is 9.90. The largest absolute Gasteiger partial charge is 0.383 e. The van der Waals surface area contributed by atoms with Crippen molar-refractivity contribution in [3.05, 3.63) is 36.5 Å². The minimum Gasteiger partial charge on any atom is -0.383 e. The molecular formula is C12H11N5. The molecule has 0 aliphatic rings. The fourth-order valence-corrected chi connectivity index (χ4v) is 1.94. The van der Waals surface area contributed by atoms with Gasteiger partial charge in [0.25, 0.3) is 0 Å². The number of aromatic amines is 1. The minimum atomic E-state index is 0.367. The first-order valence-corrected chi connectivity index (χ1v) is 5.21. The summed E-state index contributed by atoms with van der Waals surface area (Å²) < 4.78 is 0. The number of benzene rings is 1. The van der Waals surface area contributed by atoms with E-state index in [1.807, 2.05) is 30.3 Å². The maximum Gasteiger partial charge on any atom is 0.156 e. The second-order valence-electron chi connectivity index (χ2n) is 3.78. The van der Waals surface area contributed by atoms with Gasteiger partial charge in [0.2, 0.25) is 0 Å². The summed E-state index contributed by atoms with van der Waals surface area (Å²) in [5.41, 5.74) is 13.1. The number of H-pyrrole nitrogens is 1. The molecule has 0 fully saturated rings. The van der Waals surface area contributed by atoms with Gasteiger partial charge >= 0.3 is 0 Å². The van der Waals surface area contributed by atoms with E-state index in [0.29, 0.717) is 17.2 Å². The standard InChI is InChI=1S/C12H11N5/c13-11-9(12(14)17-16-11)10-8-4-2-1-3-7(8)5-6-15-10/h1-6H,(H5,13,14,16,17). The van der Waals surface area contributed by atoms with Crippen LogP contribution < -0.4 is 11.5 Å². The summed E-state index contributed by atoms with van der Waals surface area (Å²) in [5, 5.41) is 8.65. The van der Waals surface area contributed by atoms with Gasteiger partial charge in [-0.1, -0.05) is 24.3 Å². The predicted octanol–water partition coefficient (Wildman–Crippen LogP) is 1.79. The van der Waals surface area contributed by atoms with Gasteiger partial charge in [-0.25, -0.2) is 0 Å². The van der Waals surface area contributed by atoms with Crippen LogP contribution in [0.3, 0.4) is 0 Å². The number of anilines is 2. The van der Waals surface area contributed by atoms with E-state index in [9.17, 15) is 0 Å². The molecule has 3 rings (SSSR count). The molecule has 0 unspecified atom stereocenters. The Bertz CT molecular complexity index is 661. The number of hydrogen-bond acceptors (Lipinski definition) is 4. The number of nitrogens with one attached hydrogen (secondary N) is 1. The molecular weight excluding hydrogens is 214 g/mol. The van der Waals surface area contributed by atoms with Gasteiger partial charge in [0.15, 0.2) is 5.82 Å². The Labute approximate surface area is 97.5 Å². The summed E-state index contributed by atoms with van der Waals surface area (Å²) in [6.45, 7) is 0. The highest BCUT2D eigenvalue weighted by Gasteiger charge is 2.14. The normalized spacial score (nSPS) is 10.8. The molecule has 0 radical (unpaired) electrons. The summed E-state index contributed by atoms with van der Waals surface area (Å²) in [6.07, 6.45) is 1.74. The average molecular weight is 225 g/mol. The van der Waals surface area contributed by atoms with E-state index in [4.69, 9.17) is 11.5 Å². The van der Waals surface area contributed by atoms with Crippen molar-refractivity contribution in [2.24, 2.45) is 0 Å². The predicted molar refractivity (Wildman–Crippen MR) is 68.1 cm³/mol. The Balaban J connectivity index is 2.38. The van der Waals surface area contributed by atoms with Crippen LogP contribution in [0.1, 0.15) is 0 Å². The molecule has 0 bridgehead atoms. The van der Waals surface area contributed by atoms with Gasteiger partial charge in [0, 0.05) is 11.6 Å². The molecule has 5 N–H and O–H groups in total. The Morgan fingerprint density at radius 2 is 1.88 bits per heavy atom. The first-order valence-electron chi connectivity index (χ1n) is 5.21. The lowest BCUT2D eigenvalue weighted by Crippen LogP contribution is -1.94. The monoisotopic (exact) mass is 225 g/mol. The minimum absolute atomic E-state index is 0.367. The van der Waals surface area contributed by atoms with Gasteiger partial charge in [-0.3, -0.25) is 10.1 Å². The molecule has 3 aromatic rings. The number of fused-ring (bicyclic) bond motifs is 1. The van der Waals surface area contributed by atoms with Crippen molar-refractivity contribution in [1.82, 2.24) is 15.2 Å². The van der Waals surface area contributed by atoms with E-state index < -0.39 is 0 Å². The van der Waals surface area contributed by atoms with E-state index in [0.717, 1.165) is 16.5 Å². The molecule has 84 valence electrons. The van der Waals surface area contributed by atoms with Crippen LogP contribution in [0.15, 0.2) is 36.5 Å². The SMILES string of the molecule is Nc1n[nH]c(N)c1-c1nccc2ccccc12. The van der Waals surface area contributed by atoms with Crippen molar-refractivity contribution >= 4 is 22.4 Å². The number of pyridine rings is 1. The fraction of sp³-hybridized carbons (Fsp3) is 0. The van der Waals surface area contributed by atoms with Crippen molar-refractivity contribution in [3.8, 4) is 11.3 Å². The van der Waals surface area contributed by atoms with E-state index in [1.165, 1.54) is 0 Å². The molecule has 0 saturated carbocycles. The lowest BCUT2D eigenvalue weighted by atomic mass is 10.1. The fourth-order valence-electron chi connectivity index (χ4n) is 1.94. The van der Waals surface area contributed by atoms with Crippen LogP contribution >= 0.6 is 0 Å². The third-order valence-corrected chi connectivity index (χ3v) is 2.73. The molecule has 0 amide bonds. The van der Waals surface area contributed by atoms with E-state index in [1.54, 1.807) is 6.20 Å². The molecule has 0 saturated heterocycles. The zero-order chi connectivity index (χ0) is 11.8. The van der Waals surface area contributed by atoms with Gasteiger partial charge in [0.1, 0.15) is 5.82 Å². The van der Waals surface area contributed by atoms with Gasteiger partial charge in [-0.2, -0.15) is 5.10 Å². The smallest absolute Gasteiger partial charge is 0.156 e. The molecule has 2 heterocycles. The highest BCUT2D eigenvalue weighted by Crippen LogP contribution is 2.32. The average Bonchev–Trinajstić information content (AvgIpc) is 2.69. The Hall–Kier alpha value is -2.56. The van der Waals surface area contributed by atoms with E-state index in [2.05, 4.69) is 15.2 Å². The topological polar surface area (TPSA) is 93.6 Å². The van der Waals surface area contributed by atoms with Crippen LogP contribution in [-0.4, -0.2) is 15.2 Å². The number of nitrogen functional groups attached to an aromatic ring is 2. The molecule has 5 heteroatoms. The van der Waals surface area contributed by atoms with Gasteiger partial charge < -0.3 is 11.5 Å². The Morgan fingerprint density at radius 3 is 2.65 bits per heavy atom. The summed E-state index contributed by atoms with van der Waals surface area (Å²) in [7, 11) is 0. The van der Waals surface area contributed by atoms with Crippen LogP contribution in [0.4, 0.5) is 11.6 Å². The quantitative estimate of drug-likeness (QED) is 0.588. The first-order chi connectivity index (χ1) is 8.27. The highest BCUT2D eigenvalue weighted by molar-refractivity contribution is 5.99. The summed E-state index contributed by atoms with van der Waals surface area (Å²) in [4.78, 5) is 4.35. The van der Waals surface area contributed by atoms with Gasteiger partial charge in [-0.15, -0.1) is 0 Å². The van der Waals surface area contributed by atoms with Gasteiger partial charge in [0.05, 0.1) is 11.3 Å².